The first-order chi connectivity index (χ1) is 21.4. The normalized spacial score (nSPS) is 17.1. The number of ether oxygens (including phenoxy) is 2. The number of likely N-dealkylation sites (tertiary alicyclic amines) is 1. The van der Waals surface area contributed by atoms with E-state index in [1.54, 1.807) is 26.2 Å². The number of para-hydroxylation sites is 1. The highest BCUT2D eigenvalue weighted by Crippen LogP contribution is 2.24. The molecular weight excluding hydrogens is 572 g/mol. The topological polar surface area (TPSA) is 143 Å². The number of hydrogen-bond donors (Lipinski definition) is 4. The molecule has 0 saturated carbocycles. The lowest BCUT2D eigenvalue weighted by Crippen LogP contribution is -2.45. The van der Waals surface area contributed by atoms with Crippen molar-refractivity contribution >= 4 is 17.6 Å². The van der Waals surface area contributed by atoms with Gasteiger partial charge in [0.2, 0.25) is 5.91 Å². The molecule has 45 heavy (non-hydrogen) atoms. The van der Waals surface area contributed by atoms with Crippen LogP contribution in [0.25, 0.3) is 0 Å². The standard InChI is InChI=1S/C35H60N4O6/c1-24(2)28(23-38-34(42)29-11-7-8-12-33(29)45-20-10-9-19-44-6)21-31(36)32(41)22-30(25(3)4)35(43)37-15-18-39-16-13-27(14-17-39)26(5)40/h7-8,11-12,24-25,27-28,30-32,41H,9-10,13-23,36H2,1-6H3,(H,37,43)(H,38,42)/t28-,30+,31+,32+/m1/s1. The Balaban J connectivity index is 1.85. The van der Waals surface area contributed by atoms with E-state index in [9.17, 15) is 19.5 Å². The van der Waals surface area contributed by atoms with E-state index < -0.39 is 12.1 Å². The number of nitrogens with two attached hydrogens (primary N) is 1. The number of nitrogens with one attached hydrogen (secondary N) is 2. The molecule has 1 fully saturated rings. The number of ketones is 1. The summed E-state index contributed by atoms with van der Waals surface area (Å²) in [5.41, 5.74) is 7.00. The summed E-state index contributed by atoms with van der Waals surface area (Å²) in [5.74, 6) is 0.648. The van der Waals surface area contributed by atoms with E-state index in [0.717, 1.165) is 45.3 Å². The van der Waals surface area contributed by atoms with Gasteiger partial charge in [-0.3, -0.25) is 14.4 Å². The van der Waals surface area contributed by atoms with Gasteiger partial charge in [0.1, 0.15) is 11.5 Å². The van der Waals surface area contributed by atoms with Crippen molar-refractivity contribution in [3.63, 3.8) is 0 Å². The largest absolute Gasteiger partial charge is 0.493 e. The molecule has 0 aromatic heterocycles. The fourth-order valence-electron chi connectivity index (χ4n) is 5.88. The van der Waals surface area contributed by atoms with Crippen LogP contribution in [0.1, 0.15) is 83.5 Å². The van der Waals surface area contributed by atoms with E-state index in [2.05, 4.69) is 29.4 Å². The molecule has 2 amide bonds. The molecule has 4 atom stereocenters. The lowest BCUT2D eigenvalue weighted by molar-refractivity contribution is -0.127. The third-order valence-electron chi connectivity index (χ3n) is 9.20. The number of aliphatic hydroxyl groups excluding tert-OH is 1. The monoisotopic (exact) mass is 632 g/mol. The third kappa shape index (κ3) is 13.8. The van der Waals surface area contributed by atoms with Crippen LogP contribution >= 0.6 is 0 Å². The molecule has 10 nitrogen and oxygen atoms in total. The first-order valence-electron chi connectivity index (χ1n) is 16.9. The number of carbonyl (C=O) groups excluding carboxylic acids is 3. The number of hydrogen-bond acceptors (Lipinski definition) is 8. The van der Waals surface area contributed by atoms with Crippen molar-refractivity contribution in [3.8, 4) is 5.75 Å². The van der Waals surface area contributed by atoms with Crippen molar-refractivity contribution in [3.05, 3.63) is 29.8 Å². The Morgan fingerprint density at radius 3 is 2.29 bits per heavy atom. The fraction of sp³-hybridized carbons (Fsp3) is 0.743. The first-order valence-corrected chi connectivity index (χ1v) is 16.9. The zero-order valence-corrected chi connectivity index (χ0v) is 28.6. The van der Waals surface area contributed by atoms with Gasteiger partial charge in [-0.2, -0.15) is 0 Å². The minimum absolute atomic E-state index is 0.0409. The van der Waals surface area contributed by atoms with Crippen molar-refractivity contribution in [1.29, 1.82) is 0 Å². The number of amides is 2. The zero-order chi connectivity index (χ0) is 33.4. The van der Waals surface area contributed by atoms with E-state index in [0.29, 0.717) is 44.0 Å². The van der Waals surface area contributed by atoms with Crippen LogP contribution in [-0.4, -0.2) is 92.8 Å². The van der Waals surface area contributed by atoms with Crippen LogP contribution < -0.4 is 21.1 Å². The number of unbranched alkanes of at least 4 members (excludes halogenated alkanes) is 1. The third-order valence-corrected chi connectivity index (χ3v) is 9.20. The summed E-state index contributed by atoms with van der Waals surface area (Å²) in [5, 5.41) is 17.2. The van der Waals surface area contributed by atoms with E-state index in [1.165, 1.54) is 0 Å². The van der Waals surface area contributed by atoms with Crippen LogP contribution in [0.2, 0.25) is 0 Å². The van der Waals surface area contributed by atoms with E-state index in [4.69, 9.17) is 15.2 Å². The average Bonchev–Trinajstić information content (AvgIpc) is 3.01. The Hall–Kier alpha value is -2.53. The summed E-state index contributed by atoms with van der Waals surface area (Å²) in [7, 11) is 1.67. The molecule has 1 saturated heterocycles. The summed E-state index contributed by atoms with van der Waals surface area (Å²) in [6.45, 7) is 14.4. The van der Waals surface area contributed by atoms with Gasteiger partial charge < -0.3 is 35.8 Å². The van der Waals surface area contributed by atoms with Gasteiger partial charge in [-0.05, 0) is 88.4 Å². The maximum Gasteiger partial charge on any atom is 0.255 e. The van der Waals surface area contributed by atoms with E-state index >= 15 is 0 Å². The maximum absolute atomic E-state index is 13.1. The highest BCUT2D eigenvalue weighted by Gasteiger charge is 2.30. The Bertz CT molecular complexity index is 1030. The van der Waals surface area contributed by atoms with Gasteiger partial charge in [0.25, 0.3) is 5.91 Å². The molecule has 0 unspecified atom stereocenters. The van der Waals surface area contributed by atoms with Crippen molar-refractivity contribution in [2.45, 2.75) is 85.3 Å². The van der Waals surface area contributed by atoms with Crippen LogP contribution in [-0.2, 0) is 14.3 Å². The van der Waals surface area contributed by atoms with Gasteiger partial charge in [0, 0.05) is 51.2 Å². The highest BCUT2D eigenvalue weighted by atomic mass is 16.5. The average molecular weight is 633 g/mol. The molecule has 5 N–H and O–H groups in total. The summed E-state index contributed by atoms with van der Waals surface area (Å²) in [6.07, 6.45) is 3.42. The lowest BCUT2D eigenvalue weighted by Gasteiger charge is -2.31. The first kappa shape index (κ1) is 38.7. The van der Waals surface area contributed by atoms with Crippen LogP contribution in [0.4, 0.5) is 0 Å². The number of carbonyl (C=O) groups is 3. The molecule has 0 spiro atoms. The van der Waals surface area contributed by atoms with E-state index in [1.807, 2.05) is 26.0 Å². The molecular formula is C35H60N4O6. The van der Waals surface area contributed by atoms with Gasteiger partial charge >= 0.3 is 0 Å². The molecule has 0 aliphatic carbocycles. The number of methoxy groups -OCH3 is 1. The van der Waals surface area contributed by atoms with Crippen molar-refractivity contribution in [2.24, 2.45) is 35.3 Å². The minimum Gasteiger partial charge on any atom is -0.493 e. The summed E-state index contributed by atoms with van der Waals surface area (Å²) < 4.78 is 11.0. The van der Waals surface area contributed by atoms with Crippen LogP contribution in [0.3, 0.4) is 0 Å². The molecule has 1 aliphatic heterocycles. The summed E-state index contributed by atoms with van der Waals surface area (Å²) in [6, 6.07) is 6.70. The molecule has 2 rings (SSSR count). The number of nitrogens with zero attached hydrogens (tertiary/aromatic N) is 1. The molecule has 1 aliphatic rings. The van der Waals surface area contributed by atoms with Crippen LogP contribution in [0, 0.1) is 29.6 Å². The number of Topliss-reactive ketones (excluding diaryl/α,β-unsaturated/α-hetero) is 1. The molecule has 1 aromatic carbocycles. The second kappa shape index (κ2) is 20.6. The van der Waals surface area contributed by atoms with Crippen molar-refractivity contribution < 1.29 is 29.0 Å². The Kier molecular flexibility index (Phi) is 17.7. The summed E-state index contributed by atoms with van der Waals surface area (Å²) >= 11 is 0. The van der Waals surface area contributed by atoms with Gasteiger partial charge in [-0.25, -0.2) is 0 Å². The molecule has 0 bridgehead atoms. The molecule has 256 valence electrons. The van der Waals surface area contributed by atoms with Crippen LogP contribution in [0.15, 0.2) is 24.3 Å². The second-order valence-corrected chi connectivity index (χ2v) is 13.3. The summed E-state index contributed by atoms with van der Waals surface area (Å²) in [4.78, 5) is 40.1. The number of benzene rings is 1. The Morgan fingerprint density at radius 2 is 1.67 bits per heavy atom. The zero-order valence-electron chi connectivity index (χ0n) is 28.6. The smallest absolute Gasteiger partial charge is 0.255 e. The molecule has 1 heterocycles. The fourth-order valence-corrected chi connectivity index (χ4v) is 5.88. The quantitative estimate of drug-likeness (QED) is 0.151. The Morgan fingerprint density at radius 1 is 1.00 bits per heavy atom. The molecule has 10 heteroatoms. The number of piperidine rings is 1. The lowest BCUT2D eigenvalue weighted by atomic mass is 9.83. The Labute approximate surface area is 271 Å². The van der Waals surface area contributed by atoms with Gasteiger partial charge in [-0.1, -0.05) is 39.8 Å². The SMILES string of the molecule is COCCCCOc1ccccc1C(=O)NC[C@@H](C[C@H](N)[C@@H](O)C[C@H](C(=O)NCCN1CCC(C(C)=O)CC1)C(C)C)C(C)C. The number of rotatable bonds is 21. The number of aliphatic hydroxyl groups is 1. The van der Waals surface area contributed by atoms with Gasteiger partial charge in [0.15, 0.2) is 0 Å². The van der Waals surface area contributed by atoms with E-state index in [-0.39, 0.29) is 53.6 Å². The van der Waals surface area contributed by atoms with Gasteiger partial charge in [0.05, 0.1) is 18.3 Å². The van der Waals surface area contributed by atoms with Crippen molar-refractivity contribution in [1.82, 2.24) is 15.5 Å². The minimum atomic E-state index is -0.849. The molecule has 0 radical (unpaired) electrons. The maximum atomic E-state index is 13.1. The van der Waals surface area contributed by atoms with Crippen LogP contribution in [0.5, 0.6) is 5.75 Å². The highest BCUT2D eigenvalue weighted by molar-refractivity contribution is 5.96. The van der Waals surface area contributed by atoms with Crippen molar-refractivity contribution in [2.75, 3.05) is 53.0 Å². The predicted octanol–water partition coefficient (Wildman–Crippen LogP) is 3.65. The van der Waals surface area contributed by atoms with Gasteiger partial charge in [-0.15, -0.1) is 0 Å². The second-order valence-electron chi connectivity index (χ2n) is 13.3. The molecule has 1 aromatic rings. The predicted molar refractivity (Wildman–Crippen MR) is 178 cm³/mol.